The summed E-state index contributed by atoms with van der Waals surface area (Å²) in [7, 11) is 0. The van der Waals surface area contributed by atoms with Crippen LogP contribution in [0.1, 0.15) is 29.6 Å². The average Bonchev–Trinajstić information content (AvgIpc) is 2.69. The molecule has 1 N–H and O–H groups in total. The van der Waals surface area contributed by atoms with Gasteiger partial charge in [0.05, 0.1) is 6.61 Å². The van der Waals surface area contributed by atoms with Gasteiger partial charge in [0.1, 0.15) is 5.52 Å². The monoisotopic (exact) mass is 233 g/mol. The number of rotatable bonds is 4. The maximum atomic E-state index is 12.0. The van der Waals surface area contributed by atoms with Crippen LogP contribution in [0.25, 0.3) is 11.1 Å². The molecule has 0 amide bonds. The Kier molecular flexibility index (Phi) is 3.24. The number of ketones is 1. The SMILES string of the molecule is CCC(CO)C(=O)c1ccc2nc(C)oc2c1. The number of aryl methyl sites for hydroxylation is 1. The Labute approximate surface area is 99.3 Å². The van der Waals surface area contributed by atoms with E-state index in [0.29, 0.717) is 23.5 Å². The largest absolute Gasteiger partial charge is 0.441 e. The van der Waals surface area contributed by atoms with Crippen LogP contribution >= 0.6 is 0 Å². The van der Waals surface area contributed by atoms with Gasteiger partial charge in [0.2, 0.25) is 0 Å². The van der Waals surface area contributed by atoms with Gasteiger partial charge in [-0.15, -0.1) is 0 Å². The van der Waals surface area contributed by atoms with Gasteiger partial charge in [0.25, 0.3) is 0 Å². The van der Waals surface area contributed by atoms with E-state index in [1.54, 1.807) is 25.1 Å². The van der Waals surface area contributed by atoms with Crippen LogP contribution in [0.2, 0.25) is 0 Å². The lowest BCUT2D eigenvalue weighted by Crippen LogP contribution is -2.17. The van der Waals surface area contributed by atoms with Crippen LogP contribution in [0.3, 0.4) is 0 Å². The van der Waals surface area contributed by atoms with Crippen LogP contribution in [0.15, 0.2) is 22.6 Å². The number of fused-ring (bicyclic) bond motifs is 1. The van der Waals surface area contributed by atoms with Crippen LogP contribution in [0.5, 0.6) is 0 Å². The summed E-state index contributed by atoms with van der Waals surface area (Å²) in [5, 5.41) is 9.12. The van der Waals surface area contributed by atoms with E-state index in [4.69, 9.17) is 9.52 Å². The molecule has 0 bridgehead atoms. The molecule has 0 radical (unpaired) electrons. The fraction of sp³-hybridized carbons (Fsp3) is 0.385. The molecule has 0 saturated carbocycles. The molecule has 2 rings (SSSR count). The van der Waals surface area contributed by atoms with Gasteiger partial charge in [-0.3, -0.25) is 4.79 Å². The second-order valence-corrected chi connectivity index (χ2v) is 4.07. The fourth-order valence-electron chi connectivity index (χ4n) is 1.83. The smallest absolute Gasteiger partial charge is 0.192 e. The molecule has 17 heavy (non-hydrogen) atoms. The van der Waals surface area contributed by atoms with Crippen molar-refractivity contribution in [2.75, 3.05) is 6.61 Å². The van der Waals surface area contributed by atoms with Crippen molar-refractivity contribution in [1.29, 1.82) is 0 Å². The minimum Gasteiger partial charge on any atom is -0.441 e. The Balaban J connectivity index is 2.38. The minimum atomic E-state index is -0.337. The van der Waals surface area contributed by atoms with Crippen molar-refractivity contribution < 1.29 is 14.3 Å². The molecule has 0 fully saturated rings. The first-order chi connectivity index (χ1) is 8.15. The normalized spacial score (nSPS) is 12.9. The molecular formula is C13H15NO3. The third-order valence-corrected chi connectivity index (χ3v) is 2.86. The highest BCUT2D eigenvalue weighted by molar-refractivity contribution is 6.00. The molecule has 90 valence electrons. The molecule has 1 heterocycles. The fourth-order valence-corrected chi connectivity index (χ4v) is 1.83. The van der Waals surface area contributed by atoms with Crippen LogP contribution in [0, 0.1) is 12.8 Å². The lowest BCUT2D eigenvalue weighted by atomic mass is 9.96. The summed E-state index contributed by atoms with van der Waals surface area (Å²) >= 11 is 0. The van der Waals surface area contributed by atoms with Gasteiger partial charge in [-0.05, 0) is 24.6 Å². The summed E-state index contributed by atoms with van der Waals surface area (Å²) < 4.78 is 5.38. The summed E-state index contributed by atoms with van der Waals surface area (Å²) in [6.45, 7) is 3.53. The van der Waals surface area contributed by atoms with Gasteiger partial charge in [0.15, 0.2) is 17.3 Å². The number of carbonyl (C=O) groups excluding carboxylic acids is 1. The van der Waals surface area contributed by atoms with E-state index in [-0.39, 0.29) is 18.3 Å². The Bertz CT molecular complexity index is 541. The van der Waals surface area contributed by atoms with Gasteiger partial charge < -0.3 is 9.52 Å². The second kappa shape index (κ2) is 4.67. The molecule has 4 nitrogen and oxygen atoms in total. The van der Waals surface area contributed by atoms with Crippen molar-refractivity contribution in [3.05, 3.63) is 29.7 Å². The molecule has 1 aromatic carbocycles. The first kappa shape index (κ1) is 11.8. The predicted octanol–water partition coefficient (Wildman–Crippen LogP) is 2.34. The van der Waals surface area contributed by atoms with Crippen LogP contribution in [-0.2, 0) is 0 Å². The number of benzene rings is 1. The Morgan fingerprint density at radius 1 is 1.53 bits per heavy atom. The summed E-state index contributed by atoms with van der Waals surface area (Å²) in [6.07, 6.45) is 0.628. The highest BCUT2D eigenvalue weighted by atomic mass is 16.3. The summed E-state index contributed by atoms with van der Waals surface area (Å²) in [4.78, 5) is 16.2. The Hall–Kier alpha value is -1.68. The van der Waals surface area contributed by atoms with Crippen molar-refractivity contribution in [1.82, 2.24) is 4.98 Å². The lowest BCUT2D eigenvalue weighted by molar-refractivity contribution is 0.0856. The second-order valence-electron chi connectivity index (χ2n) is 4.07. The number of aromatic nitrogens is 1. The van der Waals surface area contributed by atoms with E-state index in [1.807, 2.05) is 6.92 Å². The molecule has 0 saturated heterocycles. The van der Waals surface area contributed by atoms with E-state index >= 15 is 0 Å². The number of hydrogen-bond acceptors (Lipinski definition) is 4. The molecule has 0 aliphatic carbocycles. The number of aliphatic hydroxyl groups excluding tert-OH is 1. The van der Waals surface area contributed by atoms with E-state index < -0.39 is 0 Å². The van der Waals surface area contributed by atoms with Gasteiger partial charge in [-0.2, -0.15) is 0 Å². The number of oxazole rings is 1. The zero-order chi connectivity index (χ0) is 12.4. The molecular weight excluding hydrogens is 218 g/mol. The summed E-state index contributed by atoms with van der Waals surface area (Å²) in [5.74, 6) is 0.196. The van der Waals surface area contributed by atoms with Gasteiger partial charge in [-0.1, -0.05) is 6.92 Å². The average molecular weight is 233 g/mol. The van der Waals surface area contributed by atoms with Crippen molar-refractivity contribution in [2.45, 2.75) is 20.3 Å². The third kappa shape index (κ3) is 2.22. The molecule has 4 heteroatoms. The van der Waals surface area contributed by atoms with Gasteiger partial charge in [-0.25, -0.2) is 4.98 Å². The van der Waals surface area contributed by atoms with Crippen molar-refractivity contribution >= 4 is 16.9 Å². The van der Waals surface area contributed by atoms with Gasteiger partial charge in [0, 0.05) is 18.4 Å². The molecule has 2 aromatic rings. The highest BCUT2D eigenvalue weighted by Gasteiger charge is 2.18. The zero-order valence-corrected chi connectivity index (χ0v) is 9.93. The van der Waals surface area contributed by atoms with Crippen LogP contribution in [0.4, 0.5) is 0 Å². The Morgan fingerprint density at radius 2 is 2.29 bits per heavy atom. The van der Waals surface area contributed by atoms with Crippen LogP contribution in [-0.4, -0.2) is 22.5 Å². The predicted molar refractivity (Wildman–Crippen MR) is 63.9 cm³/mol. The van der Waals surface area contributed by atoms with E-state index in [1.165, 1.54) is 0 Å². The third-order valence-electron chi connectivity index (χ3n) is 2.86. The van der Waals surface area contributed by atoms with Crippen LogP contribution < -0.4 is 0 Å². The number of hydrogen-bond donors (Lipinski definition) is 1. The first-order valence-corrected chi connectivity index (χ1v) is 5.68. The molecule has 0 spiro atoms. The number of carbonyl (C=O) groups is 1. The summed E-state index contributed by atoms with van der Waals surface area (Å²) in [5.41, 5.74) is 1.92. The number of aliphatic hydroxyl groups is 1. The topological polar surface area (TPSA) is 63.3 Å². The van der Waals surface area contributed by atoms with E-state index in [9.17, 15) is 4.79 Å². The first-order valence-electron chi connectivity index (χ1n) is 5.68. The summed E-state index contributed by atoms with van der Waals surface area (Å²) in [6, 6.07) is 5.18. The van der Waals surface area contributed by atoms with Crippen molar-refractivity contribution in [3.8, 4) is 0 Å². The maximum absolute atomic E-state index is 12.0. The van der Waals surface area contributed by atoms with Crippen molar-refractivity contribution in [2.24, 2.45) is 5.92 Å². The molecule has 0 aliphatic heterocycles. The molecule has 1 aromatic heterocycles. The quantitative estimate of drug-likeness (QED) is 0.823. The molecule has 1 unspecified atom stereocenters. The standard InChI is InChI=1S/C13H15NO3/c1-3-9(7-15)13(16)10-4-5-11-12(6-10)17-8(2)14-11/h4-6,9,15H,3,7H2,1-2H3. The van der Waals surface area contributed by atoms with E-state index in [2.05, 4.69) is 4.98 Å². The van der Waals surface area contributed by atoms with Crippen molar-refractivity contribution in [3.63, 3.8) is 0 Å². The maximum Gasteiger partial charge on any atom is 0.192 e. The Morgan fingerprint density at radius 3 is 2.94 bits per heavy atom. The zero-order valence-electron chi connectivity index (χ0n) is 9.93. The van der Waals surface area contributed by atoms with E-state index in [0.717, 1.165) is 5.52 Å². The molecule has 0 aliphatic rings. The number of Topliss-reactive ketones (excluding diaryl/α,β-unsaturated/α-hetero) is 1. The molecule has 1 atom stereocenters. The number of nitrogens with zero attached hydrogens (tertiary/aromatic N) is 1. The minimum absolute atomic E-state index is 0.0500. The lowest BCUT2D eigenvalue weighted by Gasteiger charge is -2.09. The highest BCUT2D eigenvalue weighted by Crippen LogP contribution is 2.19. The van der Waals surface area contributed by atoms with Gasteiger partial charge >= 0.3 is 0 Å².